The predicted molar refractivity (Wildman–Crippen MR) is 91.1 cm³/mol. The highest BCUT2D eigenvalue weighted by Gasteiger charge is 2.26. The lowest BCUT2D eigenvalue weighted by Crippen LogP contribution is -2.38. The lowest BCUT2D eigenvalue weighted by molar-refractivity contribution is -0.132. The van der Waals surface area contributed by atoms with Gasteiger partial charge >= 0.3 is 0 Å². The van der Waals surface area contributed by atoms with Crippen LogP contribution >= 0.6 is 0 Å². The number of aromatic nitrogens is 3. The Kier molecular flexibility index (Phi) is 3.57. The first-order chi connectivity index (χ1) is 11.7. The lowest BCUT2D eigenvalue weighted by atomic mass is 10.1. The standard InChI is InChI=1S/C18H17N5O/c1-12(17(24)23-10-13-6-2-3-7-14(13)11-23)19-18-20-15-8-4-5-9-16(15)21-22-18/h2-9,12H,10-11H2,1H3,(H,19,20,22)/t12-/m1/s1. The molecule has 1 aromatic heterocycles. The van der Waals surface area contributed by atoms with E-state index in [0.29, 0.717) is 19.0 Å². The largest absolute Gasteiger partial charge is 0.341 e. The normalized spacial score (nSPS) is 14.5. The van der Waals surface area contributed by atoms with Crippen LogP contribution in [0.2, 0.25) is 0 Å². The summed E-state index contributed by atoms with van der Waals surface area (Å²) in [5.74, 6) is 0.397. The van der Waals surface area contributed by atoms with Gasteiger partial charge in [0.05, 0.1) is 5.52 Å². The topological polar surface area (TPSA) is 71.0 Å². The summed E-state index contributed by atoms with van der Waals surface area (Å²) in [6.07, 6.45) is 0. The molecule has 1 N–H and O–H groups in total. The van der Waals surface area contributed by atoms with Crippen LogP contribution < -0.4 is 5.32 Å². The zero-order valence-electron chi connectivity index (χ0n) is 13.3. The molecule has 0 fully saturated rings. The molecule has 0 bridgehead atoms. The zero-order valence-corrected chi connectivity index (χ0v) is 13.3. The zero-order chi connectivity index (χ0) is 16.5. The second kappa shape index (κ2) is 5.88. The van der Waals surface area contributed by atoms with Crippen molar-refractivity contribution in [2.24, 2.45) is 0 Å². The molecule has 0 spiro atoms. The monoisotopic (exact) mass is 319 g/mol. The molecule has 0 saturated carbocycles. The summed E-state index contributed by atoms with van der Waals surface area (Å²) < 4.78 is 0. The first-order valence-corrected chi connectivity index (χ1v) is 7.92. The Hall–Kier alpha value is -3.02. The minimum atomic E-state index is -0.415. The van der Waals surface area contributed by atoms with Gasteiger partial charge in [-0.25, -0.2) is 4.98 Å². The summed E-state index contributed by atoms with van der Waals surface area (Å²) in [5, 5.41) is 11.2. The Bertz CT molecular complexity index is 886. The van der Waals surface area contributed by atoms with Crippen LogP contribution in [0.15, 0.2) is 48.5 Å². The van der Waals surface area contributed by atoms with E-state index in [0.717, 1.165) is 11.0 Å². The van der Waals surface area contributed by atoms with Crippen molar-refractivity contribution in [1.29, 1.82) is 0 Å². The number of nitrogens with one attached hydrogen (secondary N) is 1. The number of anilines is 1. The summed E-state index contributed by atoms with van der Waals surface area (Å²) in [6.45, 7) is 3.12. The van der Waals surface area contributed by atoms with Crippen molar-refractivity contribution in [3.8, 4) is 0 Å². The van der Waals surface area contributed by atoms with Crippen LogP contribution in [0.1, 0.15) is 18.1 Å². The number of carbonyl (C=O) groups excluding carboxylic acids is 1. The third-order valence-electron chi connectivity index (χ3n) is 4.23. The molecule has 2 heterocycles. The van der Waals surface area contributed by atoms with E-state index in [4.69, 9.17) is 0 Å². The van der Waals surface area contributed by atoms with Gasteiger partial charge in [0.25, 0.3) is 0 Å². The predicted octanol–water partition coefficient (Wildman–Crippen LogP) is 2.37. The quantitative estimate of drug-likeness (QED) is 0.802. The Morgan fingerprint density at radius 2 is 1.62 bits per heavy atom. The van der Waals surface area contributed by atoms with E-state index in [-0.39, 0.29) is 5.91 Å². The average molecular weight is 319 g/mol. The molecule has 3 aromatic rings. The van der Waals surface area contributed by atoms with Gasteiger partial charge in [0.15, 0.2) is 0 Å². The number of carbonyl (C=O) groups is 1. The molecule has 6 heteroatoms. The highest BCUT2D eigenvalue weighted by molar-refractivity contribution is 5.84. The molecule has 0 unspecified atom stereocenters. The molecule has 0 radical (unpaired) electrons. The van der Waals surface area contributed by atoms with Gasteiger partial charge in [-0.2, -0.15) is 0 Å². The molecule has 2 aromatic carbocycles. The summed E-state index contributed by atoms with van der Waals surface area (Å²) in [5.41, 5.74) is 3.91. The fourth-order valence-corrected chi connectivity index (χ4v) is 2.96. The van der Waals surface area contributed by atoms with Gasteiger partial charge in [0.2, 0.25) is 11.9 Å². The summed E-state index contributed by atoms with van der Waals surface area (Å²) >= 11 is 0. The number of hydrogen-bond donors (Lipinski definition) is 1. The Labute approximate surface area is 139 Å². The second-order valence-corrected chi connectivity index (χ2v) is 5.95. The molecule has 1 atom stereocenters. The van der Waals surface area contributed by atoms with Crippen molar-refractivity contribution in [1.82, 2.24) is 20.1 Å². The molecule has 120 valence electrons. The van der Waals surface area contributed by atoms with Crippen LogP contribution in [-0.2, 0) is 17.9 Å². The molecule has 4 rings (SSSR count). The maximum Gasteiger partial charge on any atom is 0.245 e. The van der Waals surface area contributed by atoms with E-state index >= 15 is 0 Å². The number of nitrogens with zero attached hydrogens (tertiary/aromatic N) is 4. The number of para-hydroxylation sites is 1. The van der Waals surface area contributed by atoms with Crippen LogP contribution in [0.5, 0.6) is 0 Å². The van der Waals surface area contributed by atoms with Gasteiger partial charge in [-0.05, 0) is 30.2 Å². The van der Waals surface area contributed by atoms with Gasteiger partial charge in [0.1, 0.15) is 11.6 Å². The van der Waals surface area contributed by atoms with Gasteiger partial charge in [0, 0.05) is 13.1 Å². The molecule has 6 nitrogen and oxygen atoms in total. The first-order valence-electron chi connectivity index (χ1n) is 7.92. The third kappa shape index (κ3) is 2.67. The molecular weight excluding hydrogens is 302 g/mol. The van der Waals surface area contributed by atoms with E-state index in [1.54, 1.807) is 0 Å². The van der Waals surface area contributed by atoms with Crippen molar-refractivity contribution in [2.45, 2.75) is 26.1 Å². The first kappa shape index (κ1) is 14.6. The molecular formula is C18H17N5O. The van der Waals surface area contributed by atoms with Crippen molar-refractivity contribution in [3.63, 3.8) is 0 Å². The Balaban J connectivity index is 1.47. The van der Waals surface area contributed by atoms with Gasteiger partial charge in [-0.3, -0.25) is 4.79 Å². The molecule has 24 heavy (non-hydrogen) atoms. The maximum atomic E-state index is 12.7. The van der Waals surface area contributed by atoms with E-state index in [1.165, 1.54) is 11.1 Å². The van der Waals surface area contributed by atoms with Crippen LogP contribution in [0.3, 0.4) is 0 Å². The van der Waals surface area contributed by atoms with Crippen LogP contribution in [0.4, 0.5) is 5.95 Å². The third-order valence-corrected chi connectivity index (χ3v) is 4.23. The van der Waals surface area contributed by atoms with E-state index < -0.39 is 6.04 Å². The van der Waals surface area contributed by atoms with E-state index in [9.17, 15) is 4.79 Å². The smallest absolute Gasteiger partial charge is 0.245 e. The number of amides is 1. The molecule has 0 saturated heterocycles. The van der Waals surface area contributed by atoms with Crippen molar-refractivity contribution in [2.75, 3.05) is 5.32 Å². The Morgan fingerprint density at radius 3 is 2.33 bits per heavy atom. The molecule has 1 aliphatic rings. The minimum absolute atomic E-state index is 0.0305. The van der Waals surface area contributed by atoms with E-state index in [1.807, 2.05) is 48.2 Å². The minimum Gasteiger partial charge on any atom is -0.341 e. The average Bonchev–Trinajstić information content (AvgIpc) is 3.05. The SMILES string of the molecule is C[C@@H](Nc1nnc2ccccc2n1)C(=O)N1Cc2ccccc2C1. The number of hydrogen-bond acceptors (Lipinski definition) is 5. The van der Waals surface area contributed by atoms with Gasteiger partial charge in [-0.15, -0.1) is 10.2 Å². The van der Waals surface area contributed by atoms with Crippen molar-refractivity contribution in [3.05, 3.63) is 59.7 Å². The fraction of sp³-hybridized carbons (Fsp3) is 0.222. The fourth-order valence-electron chi connectivity index (χ4n) is 2.96. The highest BCUT2D eigenvalue weighted by Crippen LogP contribution is 2.23. The van der Waals surface area contributed by atoms with Crippen LogP contribution in [-0.4, -0.2) is 32.0 Å². The van der Waals surface area contributed by atoms with Crippen LogP contribution in [0, 0.1) is 0 Å². The molecule has 1 amide bonds. The number of benzene rings is 2. The van der Waals surface area contributed by atoms with Crippen molar-refractivity contribution >= 4 is 22.9 Å². The van der Waals surface area contributed by atoms with Crippen LogP contribution in [0.25, 0.3) is 11.0 Å². The lowest BCUT2D eigenvalue weighted by Gasteiger charge is -2.21. The molecule has 0 aliphatic carbocycles. The summed E-state index contributed by atoms with van der Waals surface area (Å²) in [4.78, 5) is 18.9. The van der Waals surface area contributed by atoms with Gasteiger partial charge < -0.3 is 10.2 Å². The summed E-state index contributed by atoms with van der Waals surface area (Å²) in [7, 11) is 0. The number of fused-ring (bicyclic) bond motifs is 2. The maximum absolute atomic E-state index is 12.7. The Morgan fingerprint density at radius 1 is 1.00 bits per heavy atom. The second-order valence-electron chi connectivity index (χ2n) is 5.95. The van der Waals surface area contributed by atoms with E-state index in [2.05, 4.69) is 32.6 Å². The van der Waals surface area contributed by atoms with Gasteiger partial charge in [-0.1, -0.05) is 36.4 Å². The number of rotatable bonds is 3. The summed E-state index contributed by atoms with van der Waals surface area (Å²) in [6, 6.07) is 15.2. The highest BCUT2D eigenvalue weighted by atomic mass is 16.2. The molecule has 1 aliphatic heterocycles. The van der Waals surface area contributed by atoms with Crippen molar-refractivity contribution < 1.29 is 4.79 Å².